The van der Waals surface area contributed by atoms with E-state index in [9.17, 15) is 0 Å². The second-order valence-electron chi connectivity index (χ2n) is 7.55. The maximum Gasteiger partial charge on any atom is 0.160 e. The van der Waals surface area contributed by atoms with Crippen molar-refractivity contribution in [1.29, 1.82) is 0 Å². The summed E-state index contributed by atoms with van der Waals surface area (Å²) in [4.78, 5) is 6.68. The Bertz CT molecular complexity index is 683. The fourth-order valence-corrected chi connectivity index (χ4v) is 2.97. The van der Waals surface area contributed by atoms with Crippen molar-refractivity contribution in [3.63, 3.8) is 0 Å². The Morgan fingerprint density at radius 2 is 1.95 bits per heavy atom. The molecule has 120 valence electrons. The number of halogens is 1. The topological polar surface area (TPSA) is 54.0 Å². The highest BCUT2D eigenvalue weighted by atomic mass is 35.5. The molecule has 1 fully saturated rings. The van der Waals surface area contributed by atoms with Crippen LogP contribution in [0.1, 0.15) is 34.6 Å². The van der Waals surface area contributed by atoms with Crippen LogP contribution < -0.4 is 4.74 Å². The lowest BCUT2D eigenvalue weighted by Gasteiger charge is -2.52. The Hall–Kier alpha value is -1.33. The van der Waals surface area contributed by atoms with Gasteiger partial charge in [-0.3, -0.25) is 10.00 Å². The highest BCUT2D eigenvalue weighted by Gasteiger charge is 2.44. The zero-order valence-electron chi connectivity index (χ0n) is 13.8. The molecule has 6 heteroatoms. The molecule has 0 atom stereocenters. The van der Waals surface area contributed by atoms with E-state index in [0.29, 0.717) is 16.7 Å². The Balaban J connectivity index is 1.78. The number of aromatic amines is 1. The van der Waals surface area contributed by atoms with E-state index in [-0.39, 0.29) is 11.1 Å². The van der Waals surface area contributed by atoms with Crippen molar-refractivity contribution in [3.8, 4) is 5.75 Å². The smallest absolute Gasteiger partial charge is 0.160 e. The molecular weight excluding hydrogens is 300 g/mol. The third kappa shape index (κ3) is 2.79. The quantitative estimate of drug-likeness (QED) is 0.879. The molecule has 1 N–H and O–H groups in total. The van der Waals surface area contributed by atoms with Gasteiger partial charge in [-0.2, -0.15) is 5.10 Å². The SMILES string of the molecule is CC(C)(Oc1cc(Cl)nc2[nH]ncc12)C1CN(C(C)(C)C)C1. The molecule has 0 aliphatic carbocycles. The number of aromatic nitrogens is 3. The zero-order chi connectivity index (χ0) is 16.1. The fraction of sp³-hybridized carbons (Fsp3) is 0.625. The Morgan fingerprint density at radius 3 is 2.59 bits per heavy atom. The van der Waals surface area contributed by atoms with E-state index >= 15 is 0 Å². The van der Waals surface area contributed by atoms with E-state index in [2.05, 4.69) is 54.7 Å². The molecule has 3 rings (SSSR count). The van der Waals surface area contributed by atoms with Crippen LogP contribution >= 0.6 is 11.6 Å². The van der Waals surface area contributed by atoms with E-state index < -0.39 is 0 Å². The highest BCUT2D eigenvalue weighted by Crippen LogP contribution is 2.37. The second-order valence-corrected chi connectivity index (χ2v) is 7.94. The average molecular weight is 323 g/mol. The van der Waals surface area contributed by atoms with Gasteiger partial charge >= 0.3 is 0 Å². The van der Waals surface area contributed by atoms with Gasteiger partial charge in [0.15, 0.2) is 5.65 Å². The molecule has 0 unspecified atom stereocenters. The number of ether oxygens (including phenoxy) is 1. The van der Waals surface area contributed by atoms with Crippen LogP contribution in [-0.2, 0) is 0 Å². The predicted molar refractivity (Wildman–Crippen MR) is 88.4 cm³/mol. The van der Waals surface area contributed by atoms with Gasteiger partial charge in [0, 0.05) is 30.6 Å². The van der Waals surface area contributed by atoms with E-state index in [1.165, 1.54) is 0 Å². The summed E-state index contributed by atoms with van der Waals surface area (Å²) in [5.74, 6) is 1.23. The van der Waals surface area contributed by atoms with E-state index in [1.54, 1.807) is 12.3 Å². The van der Waals surface area contributed by atoms with Gasteiger partial charge in [0.05, 0.1) is 11.6 Å². The Kier molecular flexibility index (Phi) is 3.61. The standard InChI is InChI=1S/C16H23ClN4O/c1-15(2,3)21-8-10(9-21)16(4,5)22-12-6-13(17)19-14-11(12)7-18-20-14/h6-7,10H,8-9H2,1-5H3,(H,18,19,20). The number of fused-ring (bicyclic) bond motifs is 1. The molecule has 2 aromatic rings. The van der Waals surface area contributed by atoms with E-state index in [0.717, 1.165) is 24.2 Å². The first-order chi connectivity index (χ1) is 10.2. The van der Waals surface area contributed by atoms with Crippen LogP contribution in [0.25, 0.3) is 11.0 Å². The molecule has 1 aliphatic rings. The molecule has 22 heavy (non-hydrogen) atoms. The summed E-state index contributed by atoms with van der Waals surface area (Å²) in [7, 11) is 0. The molecule has 1 saturated heterocycles. The zero-order valence-corrected chi connectivity index (χ0v) is 14.5. The summed E-state index contributed by atoms with van der Waals surface area (Å²) in [6.07, 6.45) is 1.73. The fourth-order valence-electron chi connectivity index (χ4n) is 2.79. The monoisotopic (exact) mass is 322 g/mol. The average Bonchev–Trinajstić information content (AvgIpc) is 2.70. The maximum atomic E-state index is 6.31. The summed E-state index contributed by atoms with van der Waals surface area (Å²) in [6, 6.07) is 1.77. The number of likely N-dealkylation sites (tertiary alicyclic amines) is 1. The van der Waals surface area contributed by atoms with Gasteiger partial charge < -0.3 is 4.74 Å². The lowest BCUT2D eigenvalue weighted by Crippen LogP contribution is -2.62. The van der Waals surface area contributed by atoms with E-state index in [4.69, 9.17) is 16.3 Å². The Labute approximate surface area is 136 Å². The number of rotatable bonds is 3. The van der Waals surface area contributed by atoms with Crippen LogP contribution in [0, 0.1) is 5.92 Å². The molecule has 2 aromatic heterocycles. The normalized spacial score (nSPS) is 17.7. The van der Waals surface area contributed by atoms with Crippen LogP contribution in [0.3, 0.4) is 0 Å². The van der Waals surface area contributed by atoms with Crippen LogP contribution in [-0.4, -0.2) is 44.3 Å². The summed E-state index contributed by atoms with van der Waals surface area (Å²) in [6.45, 7) is 13.1. The van der Waals surface area contributed by atoms with Crippen LogP contribution in [0.5, 0.6) is 5.75 Å². The van der Waals surface area contributed by atoms with Gasteiger partial charge in [0.1, 0.15) is 16.5 Å². The number of nitrogens with one attached hydrogen (secondary N) is 1. The van der Waals surface area contributed by atoms with Gasteiger partial charge in [0.25, 0.3) is 0 Å². The Morgan fingerprint density at radius 1 is 1.27 bits per heavy atom. The number of pyridine rings is 1. The van der Waals surface area contributed by atoms with Gasteiger partial charge in [-0.15, -0.1) is 0 Å². The number of hydrogen-bond donors (Lipinski definition) is 1. The third-order valence-electron chi connectivity index (χ3n) is 4.54. The van der Waals surface area contributed by atoms with Gasteiger partial charge in [0.2, 0.25) is 0 Å². The second kappa shape index (κ2) is 5.10. The minimum absolute atomic E-state index is 0.213. The summed E-state index contributed by atoms with van der Waals surface area (Å²) in [5, 5.41) is 8.13. The first-order valence-electron chi connectivity index (χ1n) is 7.60. The van der Waals surface area contributed by atoms with Gasteiger partial charge in [-0.05, 0) is 34.6 Å². The minimum Gasteiger partial charge on any atom is -0.487 e. The molecule has 0 spiro atoms. The van der Waals surface area contributed by atoms with Crippen LogP contribution in [0.15, 0.2) is 12.3 Å². The minimum atomic E-state index is -0.267. The first-order valence-corrected chi connectivity index (χ1v) is 7.98. The number of hydrogen-bond acceptors (Lipinski definition) is 4. The number of H-pyrrole nitrogens is 1. The van der Waals surface area contributed by atoms with Crippen molar-refractivity contribution in [2.45, 2.75) is 45.8 Å². The van der Waals surface area contributed by atoms with Gasteiger partial charge in [-0.1, -0.05) is 11.6 Å². The molecule has 0 amide bonds. The summed E-state index contributed by atoms with van der Waals surface area (Å²) in [5.41, 5.74) is 0.601. The molecule has 5 nitrogen and oxygen atoms in total. The molecule has 0 radical (unpaired) electrons. The molecule has 3 heterocycles. The largest absolute Gasteiger partial charge is 0.487 e. The lowest BCUT2D eigenvalue weighted by molar-refractivity contribution is -0.0779. The maximum absolute atomic E-state index is 6.31. The van der Waals surface area contributed by atoms with Crippen molar-refractivity contribution in [2.24, 2.45) is 5.92 Å². The van der Waals surface area contributed by atoms with Crippen molar-refractivity contribution < 1.29 is 4.74 Å². The lowest BCUT2D eigenvalue weighted by atomic mass is 9.81. The van der Waals surface area contributed by atoms with E-state index in [1.807, 2.05) is 0 Å². The van der Waals surface area contributed by atoms with Crippen molar-refractivity contribution in [3.05, 3.63) is 17.4 Å². The predicted octanol–water partition coefficient (Wildman–Crippen LogP) is 3.50. The van der Waals surface area contributed by atoms with Crippen LogP contribution in [0.4, 0.5) is 0 Å². The molecule has 0 bridgehead atoms. The van der Waals surface area contributed by atoms with Crippen LogP contribution in [0.2, 0.25) is 5.15 Å². The summed E-state index contributed by atoms with van der Waals surface area (Å²) < 4.78 is 6.31. The molecule has 0 saturated carbocycles. The van der Waals surface area contributed by atoms with Crippen molar-refractivity contribution >= 4 is 22.6 Å². The third-order valence-corrected chi connectivity index (χ3v) is 4.73. The summed E-state index contributed by atoms with van der Waals surface area (Å²) >= 11 is 6.07. The highest BCUT2D eigenvalue weighted by molar-refractivity contribution is 6.30. The number of nitrogens with zero attached hydrogens (tertiary/aromatic N) is 3. The molecule has 1 aliphatic heterocycles. The first kappa shape index (κ1) is 15.6. The van der Waals surface area contributed by atoms with Crippen molar-refractivity contribution in [1.82, 2.24) is 20.1 Å². The van der Waals surface area contributed by atoms with Gasteiger partial charge in [-0.25, -0.2) is 4.98 Å². The molecular formula is C16H23ClN4O. The van der Waals surface area contributed by atoms with Crippen molar-refractivity contribution in [2.75, 3.05) is 13.1 Å². The molecule has 0 aromatic carbocycles.